The molecule has 4 nitrogen and oxygen atoms in total. The maximum Gasteiger partial charge on any atom is 0.252 e. The number of nitrogens with zero attached hydrogens (tertiary/aromatic N) is 2. The first-order valence-electron chi connectivity index (χ1n) is 9.94. The van der Waals surface area contributed by atoms with E-state index in [2.05, 4.69) is 35.0 Å². The fraction of sp³-hybridized carbons (Fsp3) is 0.200. The fourth-order valence-corrected chi connectivity index (χ4v) is 3.82. The van der Waals surface area contributed by atoms with E-state index >= 15 is 0 Å². The minimum Gasteiger partial charge on any atom is -0.342 e. The molecule has 1 N–H and O–H groups in total. The van der Waals surface area contributed by atoms with Gasteiger partial charge in [-0.3, -0.25) is 4.79 Å². The number of benzene rings is 3. The zero-order valence-corrected chi connectivity index (χ0v) is 17.0. The SMILES string of the molecule is Cc1ccccc1C(=O)NC(C)c1nc2ccccc2n1C(C)c1ccccc1. The molecule has 0 spiro atoms. The Morgan fingerprint density at radius 3 is 2.31 bits per heavy atom. The fourth-order valence-electron chi connectivity index (χ4n) is 3.82. The summed E-state index contributed by atoms with van der Waals surface area (Å²) in [5.41, 5.74) is 4.86. The highest BCUT2D eigenvalue weighted by Crippen LogP contribution is 2.29. The Morgan fingerprint density at radius 1 is 0.897 bits per heavy atom. The largest absolute Gasteiger partial charge is 0.342 e. The van der Waals surface area contributed by atoms with E-state index in [1.807, 2.05) is 74.5 Å². The second-order valence-corrected chi connectivity index (χ2v) is 7.43. The van der Waals surface area contributed by atoms with E-state index < -0.39 is 0 Å². The van der Waals surface area contributed by atoms with Crippen molar-refractivity contribution in [3.05, 3.63) is 101 Å². The van der Waals surface area contributed by atoms with Crippen molar-refractivity contribution in [1.82, 2.24) is 14.9 Å². The zero-order valence-electron chi connectivity index (χ0n) is 17.0. The molecule has 0 fully saturated rings. The summed E-state index contributed by atoms with van der Waals surface area (Å²) in [6.07, 6.45) is 0. The molecule has 0 bridgehead atoms. The first kappa shape index (κ1) is 18.9. The highest BCUT2D eigenvalue weighted by molar-refractivity contribution is 5.95. The third kappa shape index (κ3) is 3.66. The van der Waals surface area contributed by atoms with Gasteiger partial charge < -0.3 is 9.88 Å². The summed E-state index contributed by atoms with van der Waals surface area (Å²) in [6, 6.07) is 26.0. The van der Waals surface area contributed by atoms with Crippen LogP contribution in [0.25, 0.3) is 11.0 Å². The average Bonchev–Trinajstić information content (AvgIpc) is 3.14. The number of carbonyl (C=O) groups excluding carboxylic acids is 1. The van der Waals surface area contributed by atoms with E-state index in [0.29, 0.717) is 5.56 Å². The minimum absolute atomic E-state index is 0.0819. The maximum atomic E-state index is 12.9. The van der Waals surface area contributed by atoms with Gasteiger partial charge in [-0.05, 0) is 50.1 Å². The Labute approximate surface area is 171 Å². The molecule has 0 saturated heterocycles. The van der Waals surface area contributed by atoms with Gasteiger partial charge in [0.25, 0.3) is 5.91 Å². The van der Waals surface area contributed by atoms with Crippen LogP contribution in [0.15, 0.2) is 78.9 Å². The summed E-state index contributed by atoms with van der Waals surface area (Å²) in [4.78, 5) is 17.7. The van der Waals surface area contributed by atoms with Crippen molar-refractivity contribution in [1.29, 1.82) is 0 Å². The van der Waals surface area contributed by atoms with E-state index in [-0.39, 0.29) is 18.0 Å². The Balaban J connectivity index is 1.73. The van der Waals surface area contributed by atoms with E-state index in [4.69, 9.17) is 4.98 Å². The molecule has 29 heavy (non-hydrogen) atoms. The Hall–Kier alpha value is -3.40. The van der Waals surface area contributed by atoms with Crippen LogP contribution in [-0.2, 0) is 0 Å². The van der Waals surface area contributed by atoms with E-state index in [0.717, 1.165) is 22.4 Å². The van der Waals surface area contributed by atoms with Gasteiger partial charge in [0.05, 0.1) is 23.1 Å². The summed E-state index contributed by atoms with van der Waals surface area (Å²) in [5.74, 6) is 0.769. The van der Waals surface area contributed by atoms with E-state index in [1.54, 1.807) is 0 Å². The van der Waals surface area contributed by atoms with Gasteiger partial charge in [-0.25, -0.2) is 4.98 Å². The molecule has 1 aromatic heterocycles. The molecule has 0 saturated carbocycles. The zero-order chi connectivity index (χ0) is 20.4. The van der Waals surface area contributed by atoms with Crippen LogP contribution in [0.2, 0.25) is 0 Å². The van der Waals surface area contributed by atoms with Crippen molar-refractivity contribution in [3.8, 4) is 0 Å². The van der Waals surface area contributed by atoms with E-state index in [9.17, 15) is 4.79 Å². The molecule has 2 atom stereocenters. The number of imidazole rings is 1. The molecule has 4 aromatic rings. The number of rotatable bonds is 5. The lowest BCUT2D eigenvalue weighted by Gasteiger charge is -2.22. The highest BCUT2D eigenvalue weighted by atomic mass is 16.1. The van der Waals surface area contributed by atoms with Crippen LogP contribution in [0, 0.1) is 6.92 Å². The first-order chi connectivity index (χ1) is 14.1. The van der Waals surface area contributed by atoms with Crippen molar-refractivity contribution in [2.75, 3.05) is 0 Å². The highest BCUT2D eigenvalue weighted by Gasteiger charge is 2.23. The number of hydrogen-bond donors (Lipinski definition) is 1. The van der Waals surface area contributed by atoms with Crippen molar-refractivity contribution in [3.63, 3.8) is 0 Å². The maximum absolute atomic E-state index is 12.9. The molecule has 1 amide bonds. The van der Waals surface area contributed by atoms with Gasteiger partial charge in [0.2, 0.25) is 0 Å². The van der Waals surface area contributed by atoms with Gasteiger partial charge in [-0.2, -0.15) is 0 Å². The summed E-state index contributed by atoms with van der Waals surface area (Å²) < 4.78 is 2.23. The first-order valence-corrected chi connectivity index (χ1v) is 9.94. The van der Waals surface area contributed by atoms with Gasteiger partial charge >= 0.3 is 0 Å². The smallest absolute Gasteiger partial charge is 0.252 e. The normalized spacial score (nSPS) is 13.2. The molecule has 0 radical (unpaired) electrons. The summed E-state index contributed by atoms with van der Waals surface area (Å²) >= 11 is 0. The van der Waals surface area contributed by atoms with Gasteiger partial charge in [0, 0.05) is 5.56 Å². The molecule has 0 aliphatic carbocycles. The topological polar surface area (TPSA) is 46.9 Å². The third-order valence-corrected chi connectivity index (χ3v) is 5.42. The molecule has 4 rings (SSSR count). The van der Waals surface area contributed by atoms with Crippen LogP contribution < -0.4 is 5.32 Å². The van der Waals surface area contributed by atoms with Gasteiger partial charge in [0.1, 0.15) is 5.82 Å². The van der Waals surface area contributed by atoms with Gasteiger partial charge in [-0.1, -0.05) is 60.7 Å². The number of para-hydroxylation sites is 2. The molecule has 2 unspecified atom stereocenters. The number of amides is 1. The lowest BCUT2D eigenvalue weighted by molar-refractivity contribution is 0.0937. The molecular weight excluding hydrogens is 358 g/mol. The number of carbonyl (C=O) groups is 1. The van der Waals surface area contributed by atoms with Crippen molar-refractivity contribution >= 4 is 16.9 Å². The quantitative estimate of drug-likeness (QED) is 0.498. The van der Waals surface area contributed by atoms with Crippen molar-refractivity contribution < 1.29 is 4.79 Å². The van der Waals surface area contributed by atoms with Crippen molar-refractivity contribution in [2.45, 2.75) is 32.9 Å². The lowest BCUT2D eigenvalue weighted by atomic mass is 10.1. The van der Waals surface area contributed by atoms with Crippen molar-refractivity contribution in [2.24, 2.45) is 0 Å². The molecule has 0 aliphatic rings. The number of fused-ring (bicyclic) bond motifs is 1. The number of nitrogens with one attached hydrogen (secondary N) is 1. The molecule has 3 aromatic carbocycles. The van der Waals surface area contributed by atoms with Crippen LogP contribution in [0.5, 0.6) is 0 Å². The average molecular weight is 383 g/mol. The number of aromatic nitrogens is 2. The van der Waals surface area contributed by atoms with Crippen LogP contribution in [0.4, 0.5) is 0 Å². The second kappa shape index (κ2) is 7.92. The Morgan fingerprint density at radius 2 is 1.55 bits per heavy atom. The molecule has 1 heterocycles. The minimum atomic E-state index is -0.235. The standard InChI is InChI=1S/C25H25N3O/c1-17-11-7-8-14-21(17)25(29)26-18(2)24-27-22-15-9-10-16-23(22)28(24)19(3)20-12-5-4-6-13-20/h4-16,18-19H,1-3H3,(H,26,29). The van der Waals surface area contributed by atoms with Crippen LogP contribution in [0.3, 0.4) is 0 Å². The van der Waals surface area contributed by atoms with Crippen LogP contribution in [-0.4, -0.2) is 15.5 Å². The van der Waals surface area contributed by atoms with Crippen LogP contribution >= 0.6 is 0 Å². The predicted molar refractivity (Wildman–Crippen MR) is 117 cm³/mol. The molecule has 4 heteroatoms. The van der Waals surface area contributed by atoms with Crippen LogP contribution in [0.1, 0.15) is 53.2 Å². The third-order valence-electron chi connectivity index (χ3n) is 5.42. The summed E-state index contributed by atoms with van der Waals surface area (Å²) in [7, 11) is 0. The summed E-state index contributed by atoms with van der Waals surface area (Å²) in [5, 5.41) is 3.14. The second-order valence-electron chi connectivity index (χ2n) is 7.43. The molecule has 146 valence electrons. The Bertz CT molecular complexity index is 1150. The Kier molecular flexibility index (Phi) is 5.17. The van der Waals surface area contributed by atoms with Gasteiger partial charge in [0.15, 0.2) is 0 Å². The van der Waals surface area contributed by atoms with E-state index in [1.165, 1.54) is 5.56 Å². The number of hydrogen-bond acceptors (Lipinski definition) is 2. The lowest BCUT2D eigenvalue weighted by Crippen LogP contribution is -2.29. The monoisotopic (exact) mass is 383 g/mol. The van der Waals surface area contributed by atoms with Gasteiger partial charge in [-0.15, -0.1) is 0 Å². The number of aryl methyl sites for hydroxylation is 1. The molecular formula is C25H25N3O. The molecule has 0 aliphatic heterocycles. The predicted octanol–water partition coefficient (Wildman–Crippen LogP) is 5.45. The summed E-state index contributed by atoms with van der Waals surface area (Å²) in [6.45, 7) is 6.11.